The number of fused-ring (bicyclic) bond motifs is 1. The molecule has 0 spiro atoms. The Bertz CT molecular complexity index is 775. The molecule has 2 rings (SSSR count). The van der Waals surface area contributed by atoms with Gasteiger partial charge in [-0.1, -0.05) is 39.8 Å². The zero-order chi connectivity index (χ0) is 19.3. The van der Waals surface area contributed by atoms with Crippen molar-refractivity contribution in [2.24, 2.45) is 11.8 Å². The monoisotopic (exact) mass is 358 g/mol. The van der Waals surface area contributed by atoms with E-state index in [0.717, 1.165) is 23.2 Å². The summed E-state index contributed by atoms with van der Waals surface area (Å²) in [6, 6.07) is 5.74. The SMILES string of the molecule is CCN(C(=O)COc1nc2cc(C)ccc2o1)/C(=C\C(C)C)CC(C)C. The zero-order valence-corrected chi connectivity index (χ0v) is 16.7. The molecule has 0 saturated carbocycles. The quantitative estimate of drug-likeness (QED) is 0.670. The molecule has 0 atom stereocenters. The van der Waals surface area contributed by atoms with Crippen molar-refractivity contribution in [3.05, 3.63) is 35.5 Å². The number of aromatic nitrogens is 1. The van der Waals surface area contributed by atoms with E-state index in [9.17, 15) is 4.79 Å². The first kappa shape index (κ1) is 20.0. The number of benzene rings is 1. The van der Waals surface area contributed by atoms with Crippen LogP contribution in [0.25, 0.3) is 11.1 Å². The predicted molar refractivity (Wildman–Crippen MR) is 104 cm³/mol. The third kappa shape index (κ3) is 5.35. The Kier molecular flexibility index (Phi) is 6.83. The van der Waals surface area contributed by atoms with Crippen molar-refractivity contribution in [3.8, 4) is 6.08 Å². The summed E-state index contributed by atoms with van der Waals surface area (Å²) >= 11 is 0. The standard InChI is InChI=1S/C21H30N2O3/c1-7-23(17(10-14(2)3)11-15(4)5)20(24)13-25-21-22-18-12-16(6)8-9-19(18)26-21/h8-10,12,14-15H,7,11,13H2,1-6H3/b17-10-. The average Bonchev–Trinajstić information content (AvgIpc) is 2.94. The fourth-order valence-corrected chi connectivity index (χ4v) is 2.89. The van der Waals surface area contributed by atoms with Crippen molar-refractivity contribution in [1.82, 2.24) is 9.88 Å². The highest BCUT2D eigenvalue weighted by molar-refractivity contribution is 5.79. The Morgan fingerprint density at radius 2 is 2.04 bits per heavy atom. The molecule has 0 radical (unpaired) electrons. The molecule has 5 nitrogen and oxygen atoms in total. The first-order valence-corrected chi connectivity index (χ1v) is 9.31. The number of allylic oxidation sites excluding steroid dienone is 2. The lowest BCUT2D eigenvalue weighted by Crippen LogP contribution is -2.35. The lowest BCUT2D eigenvalue weighted by atomic mass is 10.0. The molecule has 1 aromatic carbocycles. The molecule has 5 heteroatoms. The smallest absolute Gasteiger partial charge is 0.395 e. The Hall–Kier alpha value is -2.30. The van der Waals surface area contributed by atoms with Crippen LogP contribution in [0, 0.1) is 18.8 Å². The zero-order valence-electron chi connectivity index (χ0n) is 16.7. The highest BCUT2D eigenvalue weighted by atomic mass is 16.6. The maximum atomic E-state index is 12.7. The first-order valence-electron chi connectivity index (χ1n) is 9.31. The van der Waals surface area contributed by atoms with Crippen molar-refractivity contribution in [2.75, 3.05) is 13.2 Å². The minimum absolute atomic E-state index is 0.0847. The second kappa shape index (κ2) is 8.88. The summed E-state index contributed by atoms with van der Waals surface area (Å²) in [4.78, 5) is 18.8. The molecule has 0 unspecified atom stereocenters. The van der Waals surface area contributed by atoms with Gasteiger partial charge in [0.25, 0.3) is 5.91 Å². The van der Waals surface area contributed by atoms with Crippen LogP contribution in [0.4, 0.5) is 0 Å². The number of carbonyl (C=O) groups is 1. The number of likely N-dealkylation sites (N-methyl/N-ethyl adjacent to an activating group) is 1. The van der Waals surface area contributed by atoms with Gasteiger partial charge in [-0.2, -0.15) is 4.98 Å². The Labute approximate surface area is 156 Å². The number of carbonyl (C=O) groups excluding carboxylic acids is 1. The maximum Gasteiger partial charge on any atom is 0.395 e. The molecule has 1 aromatic heterocycles. The van der Waals surface area contributed by atoms with Gasteiger partial charge in [0.05, 0.1) is 0 Å². The molecule has 142 valence electrons. The van der Waals surface area contributed by atoms with E-state index in [1.54, 1.807) is 4.90 Å². The van der Waals surface area contributed by atoms with E-state index in [2.05, 4.69) is 38.8 Å². The molecule has 0 saturated heterocycles. The van der Waals surface area contributed by atoms with Crippen LogP contribution in [-0.4, -0.2) is 28.9 Å². The number of ether oxygens (including phenoxy) is 1. The summed E-state index contributed by atoms with van der Waals surface area (Å²) in [5.74, 6) is 0.772. The highest BCUT2D eigenvalue weighted by Gasteiger charge is 2.19. The third-order valence-electron chi connectivity index (χ3n) is 3.95. The highest BCUT2D eigenvalue weighted by Crippen LogP contribution is 2.22. The van der Waals surface area contributed by atoms with Gasteiger partial charge in [0.15, 0.2) is 12.2 Å². The topological polar surface area (TPSA) is 55.6 Å². The van der Waals surface area contributed by atoms with Gasteiger partial charge in [-0.15, -0.1) is 0 Å². The summed E-state index contributed by atoms with van der Waals surface area (Å²) in [5.41, 5.74) is 3.55. The summed E-state index contributed by atoms with van der Waals surface area (Å²) < 4.78 is 11.1. The maximum absolute atomic E-state index is 12.7. The molecular formula is C21H30N2O3. The number of aryl methyl sites for hydroxylation is 1. The lowest BCUT2D eigenvalue weighted by molar-refractivity contribution is -0.131. The van der Waals surface area contributed by atoms with Gasteiger partial charge in [0.2, 0.25) is 0 Å². The van der Waals surface area contributed by atoms with Crippen molar-refractivity contribution < 1.29 is 13.9 Å². The van der Waals surface area contributed by atoms with E-state index in [0.29, 0.717) is 24.0 Å². The molecule has 26 heavy (non-hydrogen) atoms. The van der Waals surface area contributed by atoms with E-state index in [-0.39, 0.29) is 18.6 Å². The minimum atomic E-state index is -0.0901. The van der Waals surface area contributed by atoms with Crippen LogP contribution in [0.15, 0.2) is 34.4 Å². The van der Waals surface area contributed by atoms with E-state index in [1.807, 2.05) is 32.0 Å². The van der Waals surface area contributed by atoms with Gasteiger partial charge < -0.3 is 14.1 Å². The van der Waals surface area contributed by atoms with Crippen LogP contribution < -0.4 is 4.74 Å². The van der Waals surface area contributed by atoms with Crippen molar-refractivity contribution in [3.63, 3.8) is 0 Å². The van der Waals surface area contributed by atoms with Crippen LogP contribution >= 0.6 is 0 Å². The van der Waals surface area contributed by atoms with Gasteiger partial charge in [0, 0.05) is 12.2 Å². The van der Waals surface area contributed by atoms with Crippen LogP contribution in [-0.2, 0) is 4.79 Å². The number of oxazole rings is 1. The number of amides is 1. The molecular weight excluding hydrogens is 328 g/mol. The van der Waals surface area contributed by atoms with E-state index < -0.39 is 0 Å². The molecule has 0 bridgehead atoms. The molecule has 2 aromatic rings. The summed E-state index contributed by atoms with van der Waals surface area (Å²) in [6.45, 7) is 13.0. The largest absolute Gasteiger partial charge is 0.440 e. The second-order valence-corrected chi connectivity index (χ2v) is 7.38. The van der Waals surface area contributed by atoms with Gasteiger partial charge >= 0.3 is 6.08 Å². The van der Waals surface area contributed by atoms with Crippen molar-refractivity contribution in [1.29, 1.82) is 0 Å². The molecule has 0 N–H and O–H groups in total. The van der Waals surface area contributed by atoms with Gasteiger partial charge in [-0.05, 0) is 49.8 Å². The predicted octanol–water partition coefficient (Wildman–Crippen LogP) is 4.95. The molecule has 1 amide bonds. The van der Waals surface area contributed by atoms with Gasteiger partial charge in [-0.3, -0.25) is 4.79 Å². The van der Waals surface area contributed by atoms with E-state index in [1.165, 1.54) is 0 Å². The molecule has 0 aliphatic rings. The fraction of sp³-hybridized carbons (Fsp3) is 0.524. The molecule has 0 aliphatic heterocycles. The number of hydrogen-bond acceptors (Lipinski definition) is 4. The van der Waals surface area contributed by atoms with Gasteiger partial charge in [0.1, 0.15) is 5.52 Å². The molecule has 0 aliphatic carbocycles. The second-order valence-electron chi connectivity index (χ2n) is 7.38. The van der Waals surface area contributed by atoms with Crippen molar-refractivity contribution in [2.45, 2.75) is 48.0 Å². The Morgan fingerprint density at radius 1 is 1.31 bits per heavy atom. The van der Waals surface area contributed by atoms with Crippen LogP contribution in [0.5, 0.6) is 6.08 Å². The molecule has 0 fully saturated rings. The van der Waals surface area contributed by atoms with Crippen LogP contribution in [0.3, 0.4) is 0 Å². The third-order valence-corrected chi connectivity index (χ3v) is 3.95. The lowest BCUT2D eigenvalue weighted by Gasteiger charge is -2.26. The van der Waals surface area contributed by atoms with Crippen LogP contribution in [0.1, 0.15) is 46.6 Å². The fourth-order valence-electron chi connectivity index (χ4n) is 2.89. The molecule has 1 heterocycles. The number of nitrogens with zero attached hydrogens (tertiary/aromatic N) is 2. The summed E-state index contributed by atoms with van der Waals surface area (Å²) in [6.07, 6.45) is 3.15. The first-order chi connectivity index (χ1) is 12.3. The minimum Gasteiger partial charge on any atom is -0.440 e. The van der Waals surface area contributed by atoms with Crippen LogP contribution in [0.2, 0.25) is 0 Å². The van der Waals surface area contributed by atoms with E-state index in [4.69, 9.17) is 9.15 Å². The number of hydrogen-bond donors (Lipinski definition) is 0. The van der Waals surface area contributed by atoms with Crippen molar-refractivity contribution >= 4 is 17.0 Å². The normalized spacial score (nSPS) is 12.2. The average molecular weight is 358 g/mol. The van der Waals surface area contributed by atoms with Gasteiger partial charge in [-0.25, -0.2) is 0 Å². The van der Waals surface area contributed by atoms with E-state index >= 15 is 0 Å². The summed E-state index contributed by atoms with van der Waals surface area (Å²) in [5, 5.41) is 0. The Balaban J connectivity index is 2.09. The summed E-state index contributed by atoms with van der Waals surface area (Å²) in [7, 11) is 0. The Morgan fingerprint density at radius 3 is 2.65 bits per heavy atom. The number of rotatable bonds is 8.